The molecule has 4 rings (SSSR count). The van der Waals surface area contributed by atoms with Gasteiger partial charge in [0.1, 0.15) is 6.54 Å². The third-order valence-corrected chi connectivity index (χ3v) is 8.23. The number of anilines is 2. The van der Waals surface area contributed by atoms with Crippen molar-refractivity contribution < 1.29 is 40.7 Å². The van der Waals surface area contributed by atoms with E-state index in [1.165, 1.54) is 68.8 Å². The van der Waals surface area contributed by atoms with E-state index in [0.29, 0.717) is 5.75 Å². The average Bonchev–Trinajstić information content (AvgIpc) is 2.96. The van der Waals surface area contributed by atoms with Crippen molar-refractivity contribution in [3.63, 3.8) is 0 Å². The highest BCUT2D eigenvalue weighted by Gasteiger charge is 2.40. The van der Waals surface area contributed by atoms with Gasteiger partial charge in [-0.3, -0.25) is 9.59 Å². The number of benzene rings is 3. The smallest absolute Gasteiger partial charge is 0.418 e. The normalized spacial score (nSPS) is 16.8. The molecule has 1 unspecified atom stereocenters. The number of nitrogens with zero attached hydrogens (tertiary/aromatic N) is 1. The Morgan fingerprint density at radius 2 is 1.66 bits per heavy atom. The minimum Gasteiger partial charge on any atom is -0.493 e. The molecule has 3 aromatic rings. The van der Waals surface area contributed by atoms with Gasteiger partial charge < -0.3 is 19.7 Å². The van der Waals surface area contributed by atoms with Gasteiger partial charge in [-0.25, -0.2) is 8.42 Å². The quantitative estimate of drug-likeness (QED) is 0.483. The van der Waals surface area contributed by atoms with Crippen LogP contribution in [-0.4, -0.2) is 41.0 Å². The molecule has 3 aromatic carbocycles. The zero-order valence-electron chi connectivity index (χ0n) is 20.3. The van der Waals surface area contributed by atoms with E-state index in [-0.39, 0.29) is 21.9 Å². The molecule has 0 fully saturated rings. The Hall–Kier alpha value is -4.06. The number of ether oxygens (including phenoxy) is 2. The van der Waals surface area contributed by atoms with Crippen LogP contribution in [0.4, 0.5) is 24.5 Å². The molecule has 0 aliphatic carbocycles. The second-order valence-electron chi connectivity index (χ2n) is 8.39. The van der Waals surface area contributed by atoms with Crippen molar-refractivity contribution in [3.05, 3.63) is 77.9 Å². The Bertz CT molecular complexity index is 1490. The highest BCUT2D eigenvalue weighted by Crippen LogP contribution is 2.42. The number of fused-ring (bicyclic) bond motifs is 1. The maximum atomic E-state index is 13.7. The number of hydrogen-bond donors (Lipinski definition) is 1. The maximum absolute atomic E-state index is 13.7. The van der Waals surface area contributed by atoms with Crippen LogP contribution >= 0.6 is 0 Å². The largest absolute Gasteiger partial charge is 0.493 e. The molecule has 0 saturated carbocycles. The average molecular weight is 549 g/mol. The van der Waals surface area contributed by atoms with Gasteiger partial charge in [0.15, 0.2) is 21.3 Å². The summed E-state index contributed by atoms with van der Waals surface area (Å²) in [5.41, 5.74) is -1.29. The van der Waals surface area contributed by atoms with Crippen LogP contribution in [0, 0.1) is 0 Å². The number of methoxy groups -OCH3 is 2. The summed E-state index contributed by atoms with van der Waals surface area (Å²) in [6.07, 6.45) is -5.23. The molecule has 0 saturated heterocycles. The molecule has 0 bridgehead atoms. The van der Waals surface area contributed by atoms with Crippen LogP contribution in [0.2, 0.25) is 0 Å². The first-order valence-electron chi connectivity index (χ1n) is 11.3. The van der Waals surface area contributed by atoms with Crippen molar-refractivity contribution in [2.75, 3.05) is 31.0 Å². The number of amides is 2. The first-order chi connectivity index (χ1) is 18.0. The van der Waals surface area contributed by atoms with Gasteiger partial charge in [0.2, 0.25) is 11.8 Å². The van der Waals surface area contributed by atoms with Crippen molar-refractivity contribution in [1.29, 1.82) is 0 Å². The van der Waals surface area contributed by atoms with Crippen molar-refractivity contribution in [1.82, 2.24) is 0 Å². The summed E-state index contributed by atoms with van der Waals surface area (Å²) >= 11 is 0. The summed E-state index contributed by atoms with van der Waals surface area (Å²) in [5.74, 6) is -0.986. The Labute approximate surface area is 216 Å². The summed E-state index contributed by atoms with van der Waals surface area (Å²) in [6.45, 7) is -0.698. The summed E-state index contributed by atoms with van der Waals surface area (Å²) < 4.78 is 78.0. The Balaban J connectivity index is 1.71. The van der Waals surface area contributed by atoms with E-state index in [4.69, 9.17) is 9.47 Å². The molecular formula is C26H23F3N2O6S. The molecule has 8 nitrogen and oxygen atoms in total. The second-order valence-corrected chi connectivity index (χ2v) is 10.5. The molecule has 12 heteroatoms. The van der Waals surface area contributed by atoms with Gasteiger partial charge in [0.25, 0.3) is 0 Å². The maximum Gasteiger partial charge on any atom is 0.418 e. The van der Waals surface area contributed by atoms with Gasteiger partial charge >= 0.3 is 6.18 Å². The zero-order chi connectivity index (χ0) is 27.7. The van der Waals surface area contributed by atoms with Crippen LogP contribution in [0.3, 0.4) is 0 Å². The molecule has 0 aromatic heterocycles. The molecule has 0 spiro atoms. The van der Waals surface area contributed by atoms with Crippen LogP contribution in [0.1, 0.15) is 22.8 Å². The predicted molar refractivity (Wildman–Crippen MR) is 133 cm³/mol. The number of halogens is 3. The van der Waals surface area contributed by atoms with E-state index in [9.17, 15) is 31.2 Å². The van der Waals surface area contributed by atoms with Crippen LogP contribution in [0.25, 0.3) is 0 Å². The lowest BCUT2D eigenvalue weighted by Gasteiger charge is -2.22. The van der Waals surface area contributed by atoms with E-state index >= 15 is 0 Å². The zero-order valence-corrected chi connectivity index (χ0v) is 21.1. The van der Waals surface area contributed by atoms with Crippen molar-refractivity contribution in [2.24, 2.45) is 0 Å². The minimum absolute atomic E-state index is 0.0419. The van der Waals surface area contributed by atoms with Crippen LogP contribution < -0.4 is 19.7 Å². The summed E-state index contributed by atoms with van der Waals surface area (Å²) in [4.78, 5) is 27.0. The molecular weight excluding hydrogens is 525 g/mol. The fraction of sp³-hybridized carbons (Fsp3) is 0.231. The Morgan fingerprint density at radius 3 is 2.34 bits per heavy atom. The third kappa shape index (κ3) is 5.17. The van der Waals surface area contributed by atoms with E-state index in [1.54, 1.807) is 0 Å². The Kier molecular flexibility index (Phi) is 7.36. The lowest BCUT2D eigenvalue weighted by atomic mass is 10.1. The van der Waals surface area contributed by atoms with Gasteiger partial charge in [0.05, 0.1) is 41.3 Å². The number of carbonyl (C=O) groups excluding carboxylic acids is 2. The molecule has 38 heavy (non-hydrogen) atoms. The van der Waals surface area contributed by atoms with E-state index < -0.39 is 57.3 Å². The summed E-state index contributed by atoms with van der Waals surface area (Å²) in [5, 5.41) is 0.885. The predicted octanol–water partition coefficient (Wildman–Crippen LogP) is 4.61. The number of para-hydroxylation sites is 2. The molecule has 1 N–H and O–H groups in total. The third-order valence-electron chi connectivity index (χ3n) is 6.09. The topological polar surface area (TPSA) is 102 Å². The number of nitrogens with one attached hydrogen (secondary N) is 1. The van der Waals surface area contributed by atoms with Gasteiger partial charge in [-0.05, 0) is 42.0 Å². The van der Waals surface area contributed by atoms with Gasteiger partial charge in [-0.1, -0.05) is 30.3 Å². The first kappa shape index (κ1) is 27.0. The van der Waals surface area contributed by atoms with Crippen molar-refractivity contribution in [3.8, 4) is 11.5 Å². The Morgan fingerprint density at radius 1 is 1.00 bits per heavy atom. The lowest BCUT2D eigenvalue weighted by molar-refractivity contribution is -0.137. The fourth-order valence-electron chi connectivity index (χ4n) is 4.28. The standard InChI is InChI=1S/C26H23F3N2O6S/c1-36-20-12-11-16(13-21(20)37-2)23-14-25(33)31(19-9-5-6-10-22(19)38(23,34)35)15-24(32)30-18-8-4-3-7-17(18)26(27,28)29/h3-13,23H,14-15H2,1-2H3,(H,30,32). The minimum atomic E-state index is -4.71. The van der Waals surface area contributed by atoms with Crippen molar-refractivity contribution in [2.45, 2.75) is 22.7 Å². The van der Waals surface area contributed by atoms with Gasteiger partial charge in [0, 0.05) is 6.42 Å². The number of carbonyl (C=O) groups is 2. The molecule has 1 heterocycles. The summed E-state index contributed by atoms with van der Waals surface area (Å²) in [6, 6.07) is 14.6. The van der Waals surface area contributed by atoms with E-state index in [1.807, 2.05) is 0 Å². The molecule has 1 atom stereocenters. The molecule has 200 valence electrons. The monoisotopic (exact) mass is 548 g/mol. The number of rotatable bonds is 6. The summed E-state index contributed by atoms with van der Waals surface area (Å²) in [7, 11) is -1.33. The number of hydrogen-bond acceptors (Lipinski definition) is 6. The highest BCUT2D eigenvalue weighted by atomic mass is 32.2. The van der Waals surface area contributed by atoms with Crippen LogP contribution in [-0.2, 0) is 25.6 Å². The lowest BCUT2D eigenvalue weighted by Crippen LogP contribution is -2.38. The number of sulfone groups is 1. The van der Waals surface area contributed by atoms with E-state index in [2.05, 4.69) is 5.32 Å². The van der Waals surface area contributed by atoms with Crippen LogP contribution in [0.15, 0.2) is 71.6 Å². The van der Waals surface area contributed by atoms with E-state index in [0.717, 1.165) is 17.0 Å². The highest BCUT2D eigenvalue weighted by molar-refractivity contribution is 7.92. The van der Waals surface area contributed by atoms with Crippen LogP contribution in [0.5, 0.6) is 11.5 Å². The molecule has 1 aliphatic heterocycles. The second kappa shape index (κ2) is 10.4. The molecule has 2 amide bonds. The van der Waals surface area contributed by atoms with Gasteiger partial charge in [-0.2, -0.15) is 13.2 Å². The first-order valence-corrected chi connectivity index (χ1v) is 12.8. The van der Waals surface area contributed by atoms with Gasteiger partial charge in [-0.15, -0.1) is 0 Å². The molecule has 0 radical (unpaired) electrons. The van der Waals surface area contributed by atoms with Crippen molar-refractivity contribution >= 4 is 33.0 Å². The number of alkyl halides is 3. The fourth-order valence-corrected chi connectivity index (χ4v) is 6.19. The SMILES string of the molecule is COc1ccc(C2CC(=O)N(CC(=O)Nc3ccccc3C(F)(F)F)c3ccccc3S2(=O)=O)cc1OC. The molecule has 1 aliphatic rings.